The molecule has 0 fully saturated rings. The lowest BCUT2D eigenvalue weighted by Gasteiger charge is -2.25. The van der Waals surface area contributed by atoms with Crippen LogP contribution in [0.2, 0.25) is 0 Å². The Balaban J connectivity index is 2.27. The van der Waals surface area contributed by atoms with E-state index in [1.807, 2.05) is 37.0 Å². The van der Waals surface area contributed by atoms with Gasteiger partial charge in [-0.1, -0.05) is 42.5 Å². The Hall–Kier alpha value is -0.810. The predicted octanol–water partition coefficient (Wildman–Crippen LogP) is 3.41. The van der Waals surface area contributed by atoms with Crippen LogP contribution in [0, 0.1) is 0 Å². The van der Waals surface area contributed by atoms with Crippen molar-refractivity contribution in [3.8, 4) is 0 Å². The van der Waals surface area contributed by atoms with Gasteiger partial charge in [-0.05, 0) is 25.9 Å². The normalized spacial score (nSPS) is 24.7. The van der Waals surface area contributed by atoms with E-state index in [4.69, 9.17) is 0 Å². The van der Waals surface area contributed by atoms with E-state index in [1.165, 1.54) is 0 Å². The van der Waals surface area contributed by atoms with Crippen molar-refractivity contribution in [3.05, 3.63) is 42.5 Å². The highest BCUT2D eigenvalue weighted by Crippen LogP contribution is 2.50. The quantitative estimate of drug-likeness (QED) is 0.551. The molecular formula is C13H17OP. The molecule has 0 spiro atoms. The SMILES string of the molecule is CP(=O)(c1ccccc1)C1CC=CCC1. The second-order valence-corrected chi connectivity index (χ2v) is 7.49. The maximum Gasteiger partial charge on any atom is 0.115 e. The summed E-state index contributed by atoms with van der Waals surface area (Å²) in [5.41, 5.74) is 0.352. The van der Waals surface area contributed by atoms with Crippen molar-refractivity contribution in [1.82, 2.24) is 0 Å². The van der Waals surface area contributed by atoms with E-state index in [0.29, 0.717) is 5.66 Å². The highest BCUT2D eigenvalue weighted by Gasteiger charge is 2.29. The summed E-state index contributed by atoms with van der Waals surface area (Å²) >= 11 is 0. The van der Waals surface area contributed by atoms with Gasteiger partial charge in [0.05, 0.1) is 0 Å². The molecule has 0 amide bonds. The molecule has 0 aromatic heterocycles. The molecule has 2 atom stereocenters. The Kier molecular flexibility index (Phi) is 3.11. The van der Waals surface area contributed by atoms with Crippen LogP contribution in [0.1, 0.15) is 19.3 Å². The molecule has 2 heteroatoms. The topological polar surface area (TPSA) is 17.1 Å². The number of hydrogen-bond donors (Lipinski definition) is 0. The Morgan fingerprint density at radius 3 is 2.53 bits per heavy atom. The van der Waals surface area contributed by atoms with Crippen LogP contribution in [0.5, 0.6) is 0 Å². The van der Waals surface area contributed by atoms with Gasteiger partial charge in [-0.25, -0.2) is 0 Å². The zero-order valence-electron chi connectivity index (χ0n) is 9.10. The average molecular weight is 220 g/mol. The summed E-state index contributed by atoms with van der Waals surface area (Å²) in [5.74, 6) is 0. The minimum atomic E-state index is -2.17. The Morgan fingerprint density at radius 1 is 1.20 bits per heavy atom. The molecule has 0 bridgehead atoms. The van der Waals surface area contributed by atoms with Crippen LogP contribution in [0.3, 0.4) is 0 Å². The van der Waals surface area contributed by atoms with E-state index in [2.05, 4.69) is 12.2 Å². The van der Waals surface area contributed by atoms with Crippen molar-refractivity contribution >= 4 is 12.4 Å². The lowest BCUT2D eigenvalue weighted by molar-refractivity contribution is 0.566. The highest BCUT2D eigenvalue weighted by atomic mass is 31.2. The van der Waals surface area contributed by atoms with Crippen molar-refractivity contribution in [3.63, 3.8) is 0 Å². The van der Waals surface area contributed by atoms with Gasteiger partial charge in [-0.15, -0.1) is 0 Å². The van der Waals surface area contributed by atoms with Crippen LogP contribution in [-0.4, -0.2) is 12.3 Å². The van der Waals surface area contributed by atoms with Crippen molar-refractivity contribution in [2.24, 2.45) is 0 Å². The summed E-state index contributed by atoms with van der Waals surface area (Å²) < 4.78 is 12.7. The first-order valence-electron chi connectivity index (χ1n) is 5.49. The zero-order chi connectivity index (χ0) is 10.7. The average Bonchev–Trinajstić information content (AvgIpc) is 2.31. The zero-order valence-corrected chi connectivity index (χ0v) is 9.99. The van der Waals surface area contributed by atoms with Crippen LogP contribution in [0.15, 0.2) is 42.5 Å². The van der Waals surface area contributed by atoms with E-state index in [1.54, 1.807) is 0 Å². The van der Waals surface area contributed by atoms with Gasteiger partial charge in [0.2, 0.25) is 0 Å². The molecule has 0 heterocycles. The van der Waals surface area contributed by atoms with Crippen LogP contribution in [-0.2, 0) is 4.57 Å². The number of benzene rings is 1. The monoisotopic (exact) mass is 220 g/mol. The molecule has 0 saturated carbocycles. The van der Waals surface area contributed by atoms with E-state index < -0.39 is 7.14 Å². The van der Waals surface area contributed by atoms with Gasteiger partial charge in [0, 0.05) is 11.0 Å². The van der Waals surface area contributed by atoms with Crippen LogP contribution >= 0.6 is 7.14 Å². The third kappa shape index (κ3) is 2.23. The third-order valence-corrected chi connectivity index (χ3v) is 6.39. The molecule has 0 saturated heterocycles. The first-order chi connectivity index (χ1) is 7.21. The lowest BCUT2D eigenvalue weighted by Crippen LogP contribution is -2.17. The first kappa shape index (κ1) is 10.7. The van der Waals surface area contributed by atoms with Crippen LogP contribution in [0.4, 0.5) is 0 Å². The van der Waals surface area contributed by atoms with Gasteiger partial charge in [0.25, 0.3) is 0 Å². The molecule has 1 nitrogen and oxygen atoms in total. The standard InChI is InChI=1S/C13H17OP/c1-15(14,12-8-4-2-5-9-12)13-10-6-3-7-11-13/h2-6,8-9,13H,7,10-11H2,1H3. The number of allylic oxidation sites excluding steroid dienone is 2. The van der Waals surface area contributed by atoms with Crippen molar-refractivity contribution in [2.45, 2.75) is 24.9 Å². The summed E-state index contributed by atoms with van der Waals surface area (Å²) in [5, 5.41) is 1.03. The minimum absolute atomic E-state index is 0.352. The summed E-state index contributed by atoms with van der Waals surface area (Å²) in [7, 11) is -2.17. The fourth-order valence-corrected chi connectivity index (χ4v) is 4.51. The fraction of sp³-hybridized carbons (Fsp3) is 0.385. The lowest BCUT2D eigenvalue weighted by atomic mass is 10.1. The van der Waals surface area contributed by atoms with Gasteiger partial charge in [0.1, 0.15) is 7.14 Å². The van der Waals surface area contributed by atoms with Crippen LogP contribution in [0.25, 0.3) is 0 Å². The second-order valence-electron chi connectivity index (χ2n) is 4.26. The van der Waals surface area contributed by atoms with Crippen molar-refractivity contribution in [1.29, 1.82) is 0 Å². The number of rotatable bonds is 2. The Bertz CT molecular complexity index is 394. The predicted molar refractivity (Wildman–Crippen MR) is 66.4 cm³/mol. The summed E-state index contributed by atoms with van der Waals surface area (Å²) in [6.07, 6.45) is 7.49. The molecule has 1 aromatic carbocycles. The largest absolute Gasteiger partial charge is 0.319 e. The molecular weight excluding hydrogens is 203 g/mol. The van der Waals surface area contributed by atoms with E-state index in [9.17, 15) is 4.57 Å². The van der Waals surface area contributed by atoms with E-state index in [-0.39, 0.29) is 0 Å². The van der Waals surface area contributed by atoms with Gasteiger partial charge in [-0.2, -0.15) is 0 Å². The van der Waals surface area contributed by atoms with Crippen molar-refractivity contribution in [2.75, 3.05) is 6.66 Å². The van der Waals surface area contributed by atoms with E-state index in [0.717, 1.165) is 24.6 Å². The highest BCUT2D eigenvalue weighted by molar-refractivity contribution is 7.71. The molecule has 1 aliphatic rings. The van der Waals surface area contributed by atoms with Gasteiger partial charge in [-0.3, -0.25) is 0 Å². The summed E-state index contributed by atoms with van der Waals surface area (Å²) in [4.78, 5) is 0. The van der Waals surface area contributed by atoms with Gasteiger partial charge < -0.3 is 4.57 Å². The second kappa shape index (κ2) is 4.37. The van der Waals surface area contributed by atoms with E-state index >= 15 is 0 Å². The van der Waals surface area contributed by atoms with Crippen LogP contribution < -0.4 is 5.30 Å². The maximum atomic E-state index is 12.7. The van der Waals surface area contributed by atoms with Gasteiger partial charge >= 0.3 is 0 Å². The van der Waals surface area contributed by atoms with Gasteiger partial charge in [0.15, 0.2) is 0 Å². The molecule has 0 radical (unpaired) electrons. The maximum absolute atomic E-state index is 12.7. The number of hydrogen-bond acceptors (Lipinski definition) is 1. The third-order valence-electron chi connectivity index (χ3n) is 3.21. The first-order valence-corrected chi connectivity index (χ1v) is 7.71. The summed E-state index contributed by atoms with van der Waals surface area (Å²) in [6.45, 7) is 1.94. The molecule has 2 unspecified atom stereocenters. The molecule has 1 aromatic rings. The fourth-order valence-electron chi connectivity index (χ4n) is 2.16. The molecule has 2 rings (SSSR count). The Labute approximate surface area is 91.6 Å². The molecule has 80 valence electrons. The molecule has 0 N–H and O–H groups in total. The summed E-state index contributed by atoms with van der Waals surface area (Å²) in [6, 6.07) is 9.93. The molecule has 1 aliphatic carbocycles. The Morgan fingerprint density at radius 2 is 1.93 bits per heavy atom. The molecule has 15 heavy (non-hydrogen) atoms. The van der Waals surface area contributed by atoms with Crippen molar-refractivity contribution < 1.29 is 4.57 Å². The smallest absolute Gasteiger partial charge is 0.115 e. The minimum Gasteiger partial charge on any atom is -0.319 e. The molecule has 0 aliphatic heterocycles.